The molecular weight excluding hydrogens is 396 g/mol. The van der Waals surface area contributed by atoms with Gasteiger partial charge in [-0.05, 0) is 30.7 Å². The molecule has 0 fully saturated rings. The Balaban J connectivity index is 1.61. The molecule has 2 aromatic carbocycles. The lowest BCUT2D eigenvalue weighted by Gasteiger charge is -2.21. The minimum atomic E-state index is -0.500. The van der Waals surface area contributed by atoms with Gasteiger partial charge in [0.05, 0.1) is 17.8 Å². The first kappa shape index (κ1) is 22.0. The highest BCUT2D eigenvalue weighted by Crippen LogP contribution is 2.18. The quantitative estimate of drug-likeness (QED) is 0.386. The van der Waals surface area contributed by atoms with Crippen LogP contribution in [0.1, 0.15) is 12.1 Å². The third-order valence-corrected chi connectivity index (χ3v) is 4.57. The minimum absolute atomic E-state index is 0.166. The van der Waals surface area contributed by atoms with Gasteiger partial charge >= 0.3 is 6.09 Å². The average molecular weight is 422 g/mol. The fraction of sp³-hybridized carbons (Fsp3) is 0.261. The van der Waals surface area contributed by atoms with Crippen molar-refractivity contribution in [2.24, 2.45) is 0 Å². The summed E-state index contributed by atoms with van der Waals surface area (Å²) in [7, 11) is 1.54. The molecule has 8 heteroatoms. The number of fused-ring (bicyclic) bond motifs is 1. The number of nitrogens with zero attached hydrogens (tertiary/aromatic N) is 2. The fourth-order valence-electron chi connectivity index (χ4n) is 3.02. The SMILES string of the molecule is COCCOC(=O)NCCCN(C(=O)C=Cc1n[nH]c2ccccc12)c1ccccc1. The highest BCUT2D eigenvalue weighted by Gasteiger charge is 2.13. The lowest BCUT2D eigenvalue weighted by atomic mass is 10.2. The molecule has 0 unspecified atom stereocenters. The summed E-state index contributed by atoms with van der Waals surface area (Å²) in [5, 5.41) is 10.9. The number of H-pyrrole nitrogens is 1. The molecule has 0 saturated heterocycles. The van der Waals surface area contributed by atoms with E-state index >= 15 is 0 Å². The summed E-state index contributed by atoms with van der Waals surface area (Å²) in [5.74, 6) is -0.166. The Morgan fingerprint density at radius 1 is 1.10 bits per heavy atom. The van der Waals surface area contributed by atoms with Crippen LogP contribution in [0.5, 0.6) is 0 Å². The first-order valence-electron chi connectivity index (χ1n) is 10.1. The Hall–Kier alpha value is -3.65. The third kappa shape index (κ3) is 6.42. The summed E-state index contributed by atoms with van der Waals surface area (Å²) in [6.07, 6.45) is 3.30. The normalized spacial score (nSPS) is 11.0. The molecule has 3 rings (SSSR count). The number of methoxy groups -OCH3 is 1. The van der Waals surface area contributed by atoms with Crippen molar-refractivity contribution >= 4 is 34.7 Å². The number of anilines is 1. The number of benzene rings is 2. The van der Waals surface area contributed by atoms with Crippen molar-refractivity contribution in [2.75, 3.05) is 38.3 Å². The van der Waals surface area contributed by atoms with Crippen LogP contribution in [0.25, 0.3) is 17.0 Å². The van der Waals surface area contributed by atoms with Gasteiger partial charge in [-0.1, -0.05) is 36.4 Å². The number of carbonyl (C=O) groups is 2. The molecule has 0 spiro atoms. The summed E-state index contributed by atoms with van der Waals surface area (Å²) >= 11 is 0. The molecule has 1 aromatic heterocycles. The maximum atomic E-state index is 13.0. The number of hydrogen-bond acceptors (Lipinski definition) is 5. The number of aromatic nitrogens is 2. The van der Waals surface area contributed by atoms with E-state index in [9.17, 15) is 9.59 Å². The van der Waals surface area contributed by atoms with Gasteiger partial charge in [0.15, 0.2) is 0 Å². The second kappa shape index (κ2) is 11.5. The molecule has 3 aromatic rings. The molecule has 0 aliphatic rings. The highest BCUT2D eigenvalue weighted by atomic mass is 16.6. The van der Waals surface area contributed by atoms with Crippen molar-refractivity contribution in [3.63, 3.8) is 0 Å². The van der Waals surface area contributed by atoms with E-state index in [1.165, 1.54) is 6.08 Å². The first-order valence-corrected chi connectivity index (χ1v) is 10.1. The highest BCUT2D eigenvalue weighted by molar-refractivity contribution is 6.04. The number of ether oxygens (including phenoxy) is 2. The van der Waals surface area contributed by atoms with Crippen LogP contribution in [-0.4, -0.2) is 55.6 Å². The van der Waals surface area contributed by atoms with Crippen LogP contribution in [0, 0.1) is 0 Å². The number of alkyl carbamates (subject to hydrolysis) is 1. The van der Waals surface area contributed by atoms with E-state index in [2.05, 4.69) is 15.5 Å². The van der Waals surface area contributed by atoms with Crippen molar-refractivity contribution in [1.82, 2.24) is 15.5 Å². The summed E-state index contributed by atoms with van der Waals surface area (Å²) < 4.78 is 9.80. The van der Waals surface area contributed by atoms with Crippen LogP contribution in [0.15, 0.2) is 60.7 Å². The van der Waals surface area contributed by atoms with E-state index in [0.29, 0.717) is 31.8 Å². The average Bonchev–Trinajstić information content (AvgIpc) is 3.21. The molecule has 31 heavy (non-hydrogen) atoms. The zero-order valence-corrected chi connectivity index (χ0v) is 17.4. The Morgan fingerprint density at radius 2 is 1.87 bits per heavy atom. The van der Waals surface area contributed by atoms with Crippen LogP contribution in [-0.2, 0) is 14.3 Å². The van der Waals surface area contributed by atoms with Gasteiger partial charge in [0, 0.05) is 37.3 Å². The number of nitrogens with one attached hydrogen (secondary N) is 2. The maximum absolute atomic E-state index is 13.0. The predicted octanol–water partition coefficient (Wildman–Crippen LogP) is 3.37. The zero-order chi connectivity index (χ0) is 21.9. The van der Waals surface area contributed by atoms with E-state index in [4.69, 9.17) is 9.47 Å². The standard InChI is InChI=1S/C23H26N4O4/c1-30-16-17-31-23(29)24-14-7-15-27(18-8-3-2-4-9-18)22(28)13-12-21-19-10-5-6-11-20(19)25-26-21/h2-6,8-13H,7,14-17H2,1H3,(H,24,29)(H,25,26). The lowest BCUT2D eigenvalue weighted by molar-refractivity contribution is -0.114. The van der Waals surface area contributed by atoms with Crippen molar-refractivity contribution in [2.45, 2.75) is 6.42 Å². The summed E-state index contributed by atoms with van der Waals surface area (Å²) in [5.41, 5.74) is 2.40. The topological polar surface area (TPSA) is 96.6 Å². The molecule has 0 bridgehead atoms. The number of carbonyl (C=O) groups excluding carboxylic acids is 2. The van der Waals surface area contributed by atoms with E-state index in [0.717, 1.165) is 16.6 Å². The largest absolute Gasteiger partial charge is 0.447 e. The van der Waals surface area contributed by atoms with Gasteiger partial charge in [-0.15, -0.1) is 0 Å². The van der Waals surface area contributed by atoms with Crippen molar-refractivity contribution in [3.8, 4) is 0 Å². The van der Waals surface area contributed by atoms with Gasteiger partial charge < -0.3 is 19.7 Å². The summed E-state index contributed by atoms with van der Waals surface area (Å²) in [6, 6.07) is 17.2. The minimum Gasteiger partial charge on any atom is -0.447 e. The molecule has 2 N–H and O–H groups in total. The van der Waals surface area contributed by atoms with Crippen LogP contribution < -0.4 is 10.2 Å². The Bertz CT molecular complexity index is 1020. The Labute approximate surface area is 180 Å². The lowest BCUT2D eigenvalue weighted by Crippen LogP contribution is -2.33. The second-order valence-corrected chi connectivity index (χ2v) is 6.72. The van der Waals surface area contributed by atoms with E-state index < -0.39 is 6.09 Å². The summed E-state index contributed by atoms with van der Waals surface area (Å²) in [6.45, 7) is 1.37. The molecule has 0 atom stereocenters. The van der Waals surface area contributed by atoms with Gasteiger partial charge in [0.25, 0.3) is 5.91 Å². The third-order valence-electron chi connectivity index (χ3n) is 4.57. The van der Waals surface area contributed by atoms with Gasteiger partial charge in [-0.25, -0.2) is 4.79 Å². The predicted molar refractivity (Wildman–Crippen MR) is 120 cm³/mol. The van der Waals surface area contributed by atoms with Crippen molar-refractivity contribution in [1.29, 1.82) is 0 Å². The Kier molecular flexibility index (Phi) is 8.19. The van der Waals surface area contributed by atoms with E-state index in [1.807, 2.05) is 54.6 Å². The van der Waals surface area contributed by atoms with Gasteiger partial charge in [-0.3, -0.25) is 9.89 Å². The molecule has 1 heterocycles. The molecule has 0 aliphatic carbocycles. The van der Waals surface area contributed by atoms with Crippen molar-refractivity contribution in [3.05, 3.63) is 66.4 Å². The Morgan fingerprint density at radius 3 is 2.68 bits per heavy atom. The number of aromatic amines is 1. The van der Waals surface area contributed by atoms with Gasteiger partial charge in [0.2, 0.25) is 0 Å². The molecule has 8 nitrogen and oxygen atoms in total. The number of para-hydroxylation sites is 2. The van der Waals surface area contributed by atoms with E-state index in [-0.39, 0.29) is 12.5 Å². The van der Waals surface area contributed by atoms with Crippen LogP contribution in [0.4, 0.5) is 10.5 Å². The smallest absolute Gasteiger partial charge is 0.407 e. The van der Waals surface area contributed by atoms with E-state index in [1.54, 1.807) is 18.1 Å². The van der Waals surface area contributed by atoms with Gasteiger partial charge in [0.1, 0.15) is 6.61 Å². The zero-order valence-electron chi connectivity index (χ0n) is 17.4. The van der Waals surface area contributed by atoms with Gasteiger partial charge in [-0.2, -0.15) is 5.10 Å². The second-order valence-electron chi connectivity index (χ2n) is 6.72. The first-order chi connectivity index (χ1) is 15.2. The molecule has 162 valence electrons. The van der Waals surface area contributed by atoms with Crippen LogP contribution >= 0.6 is 0 Å². The maximum Gasteiger partial charge on any atom is 0.407 e. The van der Waals surface area contributed by atoms with Crippen LogP contribution in [0.2, 0.25) is 0 Å². The molecule has 0 saturated carbocycles. The van der Waals surface area contributed by atoms with Crippen molar-refractivity contribution < 1.29 is 19.1 Å². The summed E-state index contributed by atoms with van der Waals surface area (Å²) in [4.78, 5) is 26.2. The molecule has 2 amide bonds. The fourth-order valence-corrected chi connectivity index (χ4v) is 3.02. The molecular formula is C23H26N4O4. The molecule has 0 aliphatic heterocycles. The van der Waals surface area contributed by atoms with Crippen LogP contribution in [0.3, 0.4) is 0 Å². The number of rotatable bonds is 10. The molecule has 0 radical (unpaired) electrons. The number of amides is 2. The number of hydrogen-bond donors (Lipinski definition) is 2. The monoisotopic (exact) mass is 422 g/mol.